The van der Waals surface area contributed by atoms with E-state index in [9.17, 15) is 9.18 Å². The summed E-state index contributed by atoms with van der Waals surface area (Å²) < 4.78 is 13.8. The molecule has 0 radical (unpaired) electrons. The van der Waals surface area contributed by atoms with E-state index in [0.717, 1.165) is 6.42 Å². The highest BCUT2D eigenvalue weighted by atomic mass is 19.1. The Balaban J connectivity index is 2.99. The summed E-state index contributed by atoms with van der Waals surface area (Å²) in [5.41, 5.74) is 0.803. The molecule has 0 atom stereocenters. The van der Waals surface area contributed by atoms with Gasteiger partial charge in [-0.25, -0.2) is 4.39 Å². The maximum atomic E-state index is 13.8. The van der Waals surface area contributed by atoms with Crippen molar-refractivity contribution in [3.8, 4) is 0 Å². The molecule has 0 unspecified atom stereocenters. The Morgan fingerprint density at radius 3 is 2.59 bits per heavy atom. The van der Waals surface area contributed by atoms with E-state index >= 15 is 0 Å². The minimum atomic E-state index is -0.417. The van der Waals surface area contributed by atoms with Crippen molar-refractivity contribution < 1.29 is 14.3 Å². The Hall–Kier alpha value is -1.42. The van der Waals surface area contributed by atoms with Gasteiger partial charge in [0.1, 0.15) is 5.82 Å². The highest BCUT2D eigenvalue weighted by Crippen LogP contribution is 2.21. The molecule has 0 amide bonds. The molecule has 0 heterocycles. The van der Waals surface area contributed by atoms with Gasteiger partial charge in [0.15, 0.2) is 5.78 Å². The van der Waals surface area contributed by atoms with Crippen LogP contribution >= 0.6 is 0 Å². The van der Waals surface area contributed by atoms with E-state index < -0.39 is 5.82 Å². The van der Waals surface area contributed by atoms with Crippen molar-refractivity contribution in [2.24, 2.45) is 0 Å². The average Bonchev–Trinajstić information content (AvgIpc) is 2.28. The van der Waals surface area contributed by atoms with E-state index in [1.807, 2.05) is 6.92 Å². The maximum Gasteiger partial charge on any atom is 0.159 e. The summed E-state index contributed by atoms with van der Waals surface area (Å²) in [6.45, 7) is 4.45. The number of carbonyl (C=O) groups excluding carboxylic acids is 1. The minimum absolute atomic E-state index is 0.0199. The van der Waals surface area contributed by atoms with Crippen LogP contribution in [0.4, 0.5) is 10.1 Å². The molecule has 0 saturated carbocycles. The zero-order chi connectivity index (χ0) is 12.8. The zero-order valence-corrected chi connectivity index (χ0v) is 10.2. The molecule has 0 aliphatic rings. The van der Waals surface area contributed by atoms with Crippen LogP contribution in [0.2, 0.25) is 0 Å². The van der Waals surface area contributed by atoms with E-state index in [-0.39, 0.29) is 12.4 Å². The molecule has 0 aliphatic carbocycles. The van der Waals surface area contributed by atoms with Crippen molar-refractivity contribution in [1.29, 1.82) is 0 Å². The van der Waals surface area contributed by atoms with E-state index in [0.29, 0.717) is 24.3 Å². The van der Waals surface area contributed by atoms with Crippen molar-refractivity contribution in [2.75, 3.05) is 24.6 Å². The number of ketones is 1. The van der Waals surface area contributed by atoms with Crippen LogP contribution in [-0.4, -0.2) is 30.6 Å². The second-order valence-electron chi connectivity index (χ2n) is 3.93. The number of nitrogens with zero attached hydrogens (tertiary/aromatic N) is 1. The third kappa shape index (κ3) is 3.53. The number of rotatable bonds is 6. The third-order valence-electron chi connectivity index (χ3n) is 2.56. The molecule has 1 aromatic rings. The van der Waals surface area contributed by atoms with Crippen LogP contribution in [0.25, 0.3) is 0 Å². The van der Waals surface area contributed by atoms with Gasteiger partial charge in [-0.3, -0.25) is 4.79 Å². The Morgan fingerprint density at radius 1 is 1.41 bits per heavy atom. The number of aliphatic hydroxyl groups is 1. The van der Waals surface area contributed by atoms with Crippen LogP contribution < -0.4 is 4.90 Å². The predicted octanol–water partition coefficient (Wildman–Crippen LogP) is 2.24. The molecule has 1 rings (SSSR count). The number of hydrogen-bond donors (Lipinski definition) is 1. The smallest absolute Gasteiger partial charge is 0.159 e. The topological polar surface area (TPSA) is 40.5 Å². The van der Waals surface area contributed by atoms with Gasteiger partial charge < -0.3 is 10.0 Å². The number of carbonyl (C=O) groups is 1. The van der Waals surface area contributed by atoms with Gasteiger partial charge in [-0.1, -0.05) is 6.92 Å². The molecule has 0 bridgehead atoms. The monoisotopic (exact) mass is 239 g/mol. The number of anilines is 1. The molecule has 1 N–H and O–H groups in total. The Labute approximate surface area is 101 Å². The molecular formula is C13H18FNO2. The van der Waals surface area contributed by atoms with Gasteiger partial charge in [-0.2, -0.15) is 0 Å². The van der Waals surface area contributed by atoms with Crippen LogP contribution in [0.15, 0.2) is 18.2 Å². The summed E-state index contributed by atoms with van der Waals surface area (Å²) in [4.78, 5) is 12.9. The fourth-order valence-corrected chi connectivity index (χ4v) is 1.73. The largest absolute Gasteiger partial charge is 0.395 e. The van der Waals surface area contributed by atoms with Crippen LogP contribution in [0, 0.1) is 5.82 Å². The molecule has 4 heteroatoms. The summed E-state index contributed by atoms with van der Waals surface area (Å²) in [7, 11) is 0. The summed E-state index contributed by atoms with van der Waals surface area (Å²) >= 11 is 0. The molecule has 17 heavy (non-hydrogen) atoms. The van der Waals surface area contributed by atoms with Crippen molar-refractivity contribution in [2.45, 2.75) is 20.3 Å². The van der Waals surface area contributed by atoms with Crippen molar-refractivity contribution in [3.63, 3.8) is 0 Å². The number of aliphatic hydroxyl groups excluding tert-OH is 1. The fraction of sp³-hybridized carbons (Fsp3) is 0.462. The molecular weight excluding hydrogens is 221 g/mol. The molecule has 0 spiro atoms. The first kappa shape index (κ1) is 13.6. The molecule has 0 aliphatic heterocycles. The molecule has 0 fully saturated rings. The molecule has 3 nitrogen and oxygen atoms in total. The van der Waals surface area contributed by atoms with Gasteiger partial charge >= 0.3 is 0 Å². The SMILES string of the molecule is CCCN(CCO)c1ccc(C(C)=O)cc1F. The normalized spacial score (nSPS) is 10.4. The third-order valence-corrected chi connectivity index (χ3v) is 2.56. The Morgan fingerprint density at radius 2 is 2.12 bits per heavy atom. The van der Waals surface area contributed by atoms with Crippen molar-refractivity contribution in [3.05, 3.63) is 29.6 Å². The van der Waals surface area contributed by atoms with Crippen LogP contribution in [0.3, 0.4) is 0 Å². The second kappa shape index (κ2) is 6.35. The van der Waals surface area contributed by atoms with Crippen LogP contribution in [0.1, 0.15) is 30.6 Å². The molecule has 94 valence electrons. The summed E-state index contributed by atoms with van der Waals surface area (Å²) in [5.74, 6) is -0.570. The first-order chi connectivity index (χ1) is 8.10. The van der Waals surface area contributed by atoms with Gasteiger partial charge in [-0.15, -0.1) is 0 Å². The molecule has 0 saturated heterocycles. The van der Waals surface area contributed by atoms with Crippen molar-refractivity contribution in [1.82, 2.24) is 0 Å². The Kier molecular flexibility index (Phi) is 5.10. The lowest BCUT2D eigenvalue weighted by Gasteiger charge is -2.24. The lowest BCUT2D eigenvalue weighted by molar-refractivity contribution is 0.101. The number of hydrogen-bond acceptors (Lipinski definition) is 3. The van der Waals surface area contributed by atoms with Gasteiger partial charge in [0.05, 0.1) is 12.3 Å². The predicted molar refractivity (Wildman–Crippen MR) is 66.0 cm³/mol. The molecule has 1 aromatic carbocycles. The van der Waals surface area contributed by atoms with Crippen LogP contribution in [-0.2, 0) is 0 Å². The summed E-state index contributed by atoms with van der Waals surface area (Å²) in [6, 6.07) is 4.45. The lowest BCUT2D eigenvalue weighted by Crippen LogP contribution is -2.28. The molecule has 0 aromatic heterocycles. The number of halogens is 1. The maximum absolute atomic E-state index is 13.8. The van der Waals surface area contributed by atoms with Gasteiger partial charge in [0.2, 0.25) is 0 Å². The first-order valence-electron chi connectivity index (χ1n) is 5.76. The highest BCUT2D eigenvalue weighted by molar-refractivity contribution is 5.94. The zero-order valence-electron chi connectivity index (χ0n) is 10.2. The summed E-state index contributed by atoms with van der Waals surface area (Å²) in [5, 5.41) is 8.94. The van der Waals surface area contributed by atoms with E-state index in [2.05, 4.69) is 0 Å². The van der Waals surface area contributed by atoms with Gasteiger partial charge in [-0.05, 0) is 31.5 Å². The average molecular weight is 239 g/mol. The standard InChI is InChI=1S/C13H18FNO2/c1-3-6-15(7-8-16)13-5-4-11(10(2)17)9-12(13)14/h4-5,9,16H,3,6-8H2,1-2H3. The number of Topliss-reactive ketones (excluding diaryl/α,β-unsaturated/α-hetero) is 1. The first-order valence-corrected chi connectivity index (χ1v) is 5.76. The van der Waals surface area contributed by atoms with E-state index in [1.54, 1.807) is 17.0 Å². The van der Waals surface area contributed by atoms with Crippen molar-refractivity contribution >= 4 is 11.5 Å². The van der Waals surface area contributed by atoms with Gasteiger partial charge in [0.25, 0.3) is 0 Å². The quantitative estimate of drug-likeness (QED) is 0.774. The lowest BCUT2D eigenvalue weighted by atomic mass is 10.1. The van der Waals surface area contributed by atoms with E-state index in [4.69, 9.17) is 5.11 Å². The van der Waals surface area contributed by atoms with Crippen LogP contribution in [0.5, 0.6) is 0 Å². The number of benzene rings is 1. The minimum Gasteiger partial charge on any atom is -0.395 e. The Bertz CT molecular complexity index is 387. The second-order valence-corrected chi connectivity index (χ2v) is 3.93. The van der Waals surface area contributed by atoms with E-state index in [1.165, 1.54) is 13.0 Å². The highest BCUT2D eigenvalue weighted by Gasteiger charge is 2.12. The van der Waals surface area contributed by atoms with Gasteiger partial charge in [0, 0.05) is 18.7 Å². The summed E-state index contributed by atoms with van der Waals surface area (Å²) in [6.07, 6.45) is 0.869. The fourth-order valence-electron chi connectivity index (χ4n) is 1.73.